The quantitative estimate of drug-likeness (QED) is 0.576. The van der Waals surface area contributed by atoms with Gasteiger partial charge in [-0.1, -0.05) is 6.07 Å². The highest BCUT2D eigenvalue weighted by Crippen LogP contribution is 2.17. The molecule has 0 fully saturated rings. The minimum absolute atomic E-state index is 0.0119. The number of benzene rings is 1. The maximum Gasteiger partial charge on any atom is 0.294 e. The number of aliphatic hydroxyl groups is 1. The summed E-state index contributed by atoms with van der Waals surface area (Å²) in [6, 6.07) is 5.55. The summed E-state index contributed by atoms with van der Waals surface area (Å²) in [6.07, 6.45) is 0.468. The van der Waals surface area contributed by atoms with E-state index in [0.717, 1.165) is 0 Å². The van der Waals surface area contributed by atoms with Crippen LogP contribution >= 0.6 is 0 Å². The van der Waals surface area contributed by atoms with Gasteiger partial charge < -0.3 is 9.84 Å². The third kappa shape index (κ3) is 3.86. The Labute approximate surface area is 88.1 Å². The zero-order valence-electron chi connectivity index (χ0n) is 7.96. The Hall–Kier alpha value is -1.11. The van der Waals surface area contributed by atoms with E-state index in [4.69, 9.17) is 14.4 Å². The lowest BCUT2D eigenvalue weighted by molar-refractivity contribution is 0.233. The van der Waals surface area contributed by atoms with Crippen LogP contribution in [0.3, 0.4) is 0 Å². The molecule has 0 aliphatic carbocycles. The summed E-state index contributed by atoms with van der Waals surface area (Å²) in [4.78, 5) is -0.205. The van der Waals surface area contributed by atoms with Gasteiger partial charge in [0.05, 0.1) is 11.5 Å². The van der Waals surface area contributed by atoms with E-state index in [1.54, 1.807) is 6.07 Å². The van der Waals surface area contributed by atoms with Crippen molar-refractivity contribution in [3.05, 3.63) is 24.3 Å². The first kappa shape index (κ1) is 12.0. The van der Waals surface area contributed by atoms with E-state index in [2.05, 4.69) is 0 Å². The highest BCUT2D eigenvalue weighted by Gasteiger charge is 2.09. The molecule has 5 nitrogen and oxygen atoms in total. The van der Waals surface area contributed by atoms with Crippen LogP contribution in [-0.4, -0.2) is 31.3 Å². The summed E-state index contributed by atoms with van der Waals surface area (Å²) in [5.41, 5.74) is 0. The molecule has 84 valence electrons. The Balaban J connectivity index is 2.75. The van der Waals surface area contributed by atoms with Crippen LogP contribution in [0.4, 0.5) is 0 Å². The van der Waals surface area contributed by atoms with Gasteiger partial charge in [0.1, 0.15) is 5.75 Å². The van der Waals surface area contributed by atoms with Gasteiger partial charge in [-0.15, -0.1) is 0 Å². The third-order valence-corrected chi connectivity index (χ3v) is 2.52. The second kappa shape index (κ2) is 5.11. The molecule has 0 aliphatic rings. The van der Waals surface area contributed by atoms with Gasteiger partial charge in [0.2, 0.25) is 0 Å². The SMILES string of the molecule is O=S(=O)(O)c1cccc(OCCCO)c1. The zero-order valence-corrected chi connectivity index (χ0v) is 8.77. The van der Waals surface area contributed by atoms with Crippen molar-refractivity contribution >= 4 is 10.1 Å². The standard InChI is InChI=1S/C9H12O5S/c10-5-2-6-14-8-3-1-4-9(7-8)15(11,12)13/h1,3-4,7,10H,2,5-6H2,(H,11,12,13). The maximum absolute atomic E-state index is 10.8. The van der Waals surface area contributed by atoms with Gasteiger partial charge in [-0.3, -0.25) is 4.55 Å². The summed E-state index contributed by atoms with van der Waals surface area (Å²) < 4.78 is 35.5. The first-order valence-electron chi connectivity index (χ1n) is 4.35. The molecule has 0 bridgehead atoms. The van der Waals surface area contributed by atoms with Crippen LogP contribution in [0.25, 0.3) is 0 Å². The molecule has 0 amide bonds. The molecule has 0 saturated carbocycles. The van der Waals surface area contributed by atoms with Crippen LogP contribution in [0.5, 0.6) is 5.75 Å². The topological polar surface area (TPSA) is 83.8 Å². The van der Waals surface area contributed by atoms with Crippen molar-refractivity contribution < 1.29 is 22.8 Å². The first-order chi connectivity index (χ1) is 7.04. The van der Waals surface area contributed by atoms with Crippen LogP contribution in [0, 0.1) is 0 Å². The molecular formula is C9H12O5S. The van der Waals surface area contributed by atoms with E-state index >= 15 is 0 Å². The van der Waals surface area contributed by atoms with Gasteiger partial charge in [0.25, 0.3) is 10.1 Å². The molecule has 0 saturated heterocycles. The smallest absolute Gasteiger partial charge is 0.294 e. The van der Waals surface area contributed by atoms with Crippen LogP contribution in [0.2, 0.25) is 0 Å². The van der Waals surface area contributed by atoms with Crippen molar-refractivity contribution in [3.8, 4) is 5.75 Å². The Kier molecular flexibility index (Phi) is 4.07. The molecule has 15 heavy (non-hydrogen) atoms. The first-order valence-corrected chi connectivity index (χ1v) is 5.79. The molecule has 6 heteroatoms. The van der Waals surface area contributed by atoms with Crippen molar-refractivity contribution in [2.75, 3.05) is 13.2 Å². The average molecular weight is 232 g/mol. The molecule has 0 atom stereocenters. The predicted molar refractivity (Wildman–Crippen MR) is 53.5 cm³/mol. The number of aliphatic hydroxyl groups excluding tert-OH is 1. The molecule has 1 aromatic rings. The van der Waals surface area contributed by atoms with Gasteiger partial charge in [-0.25, -0.2) is 0 Å². The van der Waals surface area contributed by atoms with Gasteiger partial charge >= 0.3 is 0 Å². The van der Waals surface area contributed by atoms with E-state index < -0.39 is 10.1 Å². The van der Waals surface area contributed by atoms with Gasteiger partial charge in [-0.05, 0) is 12.1 Å². The molecule has 0 radical (unpaired) electrons. The van der Waals surface area contributed by atoms with E-state index in [0.29, 0.717) is 18.8 Å². The van der Waals surface area contributed by atoms with Gasteiger partial charge in [0, 0.05) is 19.1 Å². The molecule has 0 unspecified atom stereocenters. The van der Waals surface area contributed by atoms with Crippen molar-refractivity contribution in [2.45, 2.75) is 11.3 Å². The summed E-state index contributed by atoms with van der Waals surface area (Å²) in [5, 5.41) is 8.51. The summed E-state index contributed by atoms with van der Waals surface area (Å²) in [5.74, 6) is 0.346. The van der Waals surface area contributed by atoms with Crippen molar-refractivity contribution in [1.29, 1.82) is 0 Å². The highest BCUT2D eigenvalue weighted by molar-refractivity contribution is 7.85. The van der Waals surface area contributed by atoms with E-state index in [1.165, 1.54) is 18.2 Å². The van der Waals surface area contributed by atoms with E-state index in [1.807, 2.05) is 0 Å². The van der Waals surface area contributed by atoms with Crippen LogP contribution in [-0.2, 0) is 10.1 Å². The second-order valence-electron chi connectivity index (χ2n) is 2.88. The fourth-order valence-electron chi connectivity index (χ4n) is 0.979. The van der Waals surface area contributed by atoms with Crippen LogP contribution < -0.4 is 4.74 Å². The zero-order chi connectivity index (χ0) is 11.3. The summed E-state index contributed by atoms with van der Waals surface area (Å²) in [7, 11) is -4.19. The normalized spacial score (nSPS) is 11.3. The molecule has 2 N–H and O–H groups in total. The second-order valence-corrected chi connectivity index (χ2v) is 4.30. The maximum atomic E-state index is 10.8. The van der Waals surface area contributed by atoms with E-state index in [-0.39, 0.29) is 11.5 Å². The lowest BCUT2D eigenvalue weighted by Gasteiger charge is -2.05. The molecule has 1 rings (SSSR count). The molecule has 0 heterocycles. The number of rotatable bonds is 5. The lowest BCUT2D eigenvalue weighted by Crippen LogP contribution is -2.02. The van der Waals surface area contributed by atoms with Crippen LogP contribution in [0.1, 0.15) is 6.42 Å². The molecule has 0 aliphatic heterocycles. The van der Waals surface area contributed by atoms with Gasteiger partial charge in [-0.2, -0.15) is 8.42 Å². The number of hydrogen-bond acceptors (Lipinski definition) is 4. The minimum atomic E-state index is -4.19. The monoisotopic (exact) mass is 232 g/mol. The summed E-state index contributed by atoms with van der Waals surface area (Å²) in [6.45, 7) is 0.309. The largest absolute Gasteiger partial charge is 0.493 e. The number of hydrogen-bond donors (Lipinski definition) is 2. The van der Waals surface area contributed by atoms with Crippen molar-refractivity contribution in [3.63, 3.8) is 0 Å². The van der Waals surface area contributed by atoms with E-state index in [9.17, 15) is 8.42 Å². The Morgan fingerprint density at radius 1 is 1.33 bits per heavy atom. The molecule has 0 spiro atoms. The Bertz CT molecular complexity index is 412. The molecular weight excluding hydrogens is 220 g/mol. The van der Waals surface area contributed by atoms with Crippen LogP contribution in [0.15, 0.2) is 29.2 Å². The fourth-order valence-corrected chi connectivity index (χ4v) is 1.49. The Morgan fingerprint density at radius 2 is 2.07 bits per heavy atom. The van der Waals surface area contributed by atoms with Crippen molar-refractivity contribution in [2.24, 2.45) is 0 Å². The van der Waals surface area contributed by atoms with Crippen molar-refractivity contribution in [1.82, 2.24) is 0 Å². The fraction of sp³-hybridized carbons (Fsp3) is 0.333. The minimum Gasteiger partial charge on any atom is -0.493 e. The molecule has 0 aromatic heterocycles. The summed E-state index contributed by atoms with van der Waals surface area (Å²) >= 11 is 0. The average Bonchev–Trinajstić information content (AvgIpc) is 2.17. The third-order valence-electron chi connectivity index (χ3n) is 1.67. The van der Waals surface area contributed by atoms with Gasteiger partial charge in [0.15, 0.2) is 0 Å². The predicted octanol–water partition coefficient (Wildman–Crippen LogP) is 0.695. The number of ether oxygens (including phenoxy) is 1. The molecule has 1 aromatic carbocycles. The Morgan fingerprint density at radius 3 is 2.67 bits per heavy atom. The lowest BCUT2D eigenvalue weighted by atomic mass is 10.3. The highest BCUT2D eigenvalue weighted by atomic mass is 32.2.